The predicted octanol–water partition coefficient (Wildman–Crippen LogP) is 0.962. The molecule has 0 saturated carbocycles. The molecule has 0 amide bonds. The smallest absolute Gasteiger partial charge is 0.228 e. The van der Waals surface area contributed by atoms with Crippen molar-refractivity contribution in [1.82, 2.24) is 15.0 Å². The van der Waals surface area contributed by atoms with Gasteiger partial charge in [-0.05, 0) is 24.4 Å². The molecule has 8 heteroatoms. The van der Waals surface area contributed by atoms with Crippen LogP contribution in [0.25, 0.3) is 0 Å². The molecule has 1 aromatic rings. The van der Waals surface area contributed by atoms with E-state index in [4.69, 9.17) is 26.8 Å². The Morgan fingerprint density at radius 1 is 1.17 bits per heavy atom. The third-order valence-electron chi connectivity index (χ3n) is 2.06. The second-order valence-corrected chi connectivity index (χ2v) is 3.86. The van der Waals surface area contributed by atoms with Crippen molar-refractivity contribution in [2.24, 2.45) is 0 Å². The van der Waals surface area contributed by atoms with Crippen LogP contribution in [0.15, 0.2) is 0 Å². The summed E-state index contributed by atoms with van der Waals surface area (Å²) in [5.74, 6) is 0.508. The Labute approximate surface area is 111 Å². The summed E-state index contributed by atoms with van der Waals surface area (Å²) in [7, 11) is 1.65. The summed E-state index contributed by atoms with van der Waals surface area (Å²) in [6, 6.07) is 0. The SMILES string of the molecule is COCCOCCCCNc1nc(N)nc(Cl)n1. The molecule has 0 aliphatic heterocycles. The van der Waals surface area contributed by atoms with Crippen molar-refractivity contribution in [1.29, 1.82) is 0 Å². The maximum atomic E-state index is 5.65. The van der Waals surface area contributed by atoms with Gasteiger partial charge in [0.05, 0.1) is 13.2 Å². The predicted molar refractivity (Wildman–Crippen MR) is 69.7 cm³/mol. The van der Waals surface area contributed by atoms with Gasteiger partial charge in [-0.2, -0.15) is 15.0 Å². The maximum Gasteiger partial charge on any atom is 0.228 e. The summed E-state index contributed by atoms with van der Waals surface area (Å²) in [5.41, 5.74) is 5.44. The number of rotatable bonds is 9. The molecule has 102 valence electrons. The molecule has 3 N–H and O–H groups in total. The van der Waals surface area contributed by atoms with Crippen LogP contribution in [0.5, 0.6) is 0 Å². The molecule has 0 spiro atoms. The van der Waals surface area contributed by atoms with Crippen molar-refractivity contribution in [3.63, 3.8) is 0 Å². The first kappa shape index (κ1) is 14.9. The molecule has 18 heavy (non-hydrogen) atoms. The van der Waals surface area contributed by atoms with Gasteiger partial charge in [0.25, 0.3) is 0 Å². The quantitative estimate of drug-likeness (QED) is 0.648. The number of nitrogens with zero attached hydrogens (tertiary/aromatic N) is 3. The Morgan fingerprint density at radius 3 is 2.72 bits per heavy atom. The van der Waals surface area contributed by atoms with E-state index in [1.165, 1.54) is 0 Å². The van der Waals surface area contributed by atoms with Gasteiger partial charge in [-0.15, -0.1) is 0 Å². The minimum absolute atomic E-state index is 0.0906. The highest BCUT2D eigenvalue weighted by Crippen LogP contribution is 2.06. The van der Waals surface area contributed by atoms with E-state index in [-0.39, 0.29) is 11.2 Å². The van der Waals surface area contributed by atoms with Gasteiger partial charge >= 0.3 is 0 Å². The van der Waals surface area contributed by atoms with Crippen LogP contribution >= 0.6 is 11.6 Å². The highest BCUT2D eigenvalue weighted by molar-refractivity contribution is 6.28. The Kier molecular flexibility index (Phi) is 7.31. The molecule has 1 aromatic heterocycles. The van der Waals surface area contributed by atoms with Crippen LogP contribution in [0, 0.1) is 0 Å². The molecule has 0 aliphatic rings. The van der Waals surface area contributed by atoms with E-state index in [2.05, 4.69) is 20.3 Å². The number of halogens is 1. The van der Waals surface area contributed by atoms with Crippen molar-refractivity contribution in [2.75, 3.05) is 44.5 Å². The summed E-state index contributed by atoms with van der Waals surface area (Å²) in [4.78, 5) is 11.5. The maximum absolute atomic E-state index is 5.65. The van der Waals surface area contributed by atoms with Crippen LogP contribution in [0.4, 0.5) is 11.9 Å². The van der Waals surface area contributed by atoms with Crippen LogP contribution in [0.3, 0.4) is 0 Å². The average Bonchev–Trinajstić information content (AvgIpc) is 2.31. The van der Waals surface area contributed by atoms with Crippen molar-refractivity contribution in [2.45, 2.75) is 12.8 Å². The number of methoxy groups -OCH3 is 1. The molecule has 0 fully saturated rings. The summed E-state index contributed by atoms with van der Waals surface area (Å²) in [6.07, 6.45) is 1.89. The summed E-state index contributed by atoms with van der Waals surface area (Å²) < 4.78 is 10.2. The molecule has 0 aliphatic carbocycles. The van der Waals surface area contributed by atoms with E-state index in [0.717, 1.165) is 19.4 Å². The lowest BCUT2D eigenvalue weighted by Gasteiger charge is -2.06. The molecule has 7 nitrogen and oxygen atoms in total. The molecule has 0 bridgehead atoms. The second-order valence-electron chi connectivity index (χ2n) is 3.53. The van der Waals surface area contributed by atoms with Gasteiger partial charge < -0.3 is 20.5 Å². The van der Waals surface area contributed by atoms with Crippen molar-refractivity contribution < 1.29 is 9.47 Å². The minimum atomic E-state index is 0.0906. The van der Waals surface area contributed by atoms with Crippen LogP contribution in [-0.2, 0) is 9.47 Å². The van der Waals surface area contributed by atoms with Crippen molar-refractivity contribution in [3.05, 3.63) is 5.28 Å². The van der Waals surface area contributed by atoms with Crippen molar-refractivity contribution in [3.8, 4) is 0 Å². The first-order chi connectivity index (χ1) is 8.72. The zero-order valence-electron chi connectivity index (χ0n) is 10.4. The molecule has 0 saturated heterocycles. The van der Waals surface area contributed by atoms with E-state index in [0.29, 0.717) is 25.8 Å². The summed E-state index contributed by atoms with van der Waals surface area (Å²) in [5, 5.41) is 3.11. The summed E-state index contributed by atoms with van der Waals surface area (Å²) >= 11 is 5.65. The highest BCUT2D eigenvalue weighted by Gasteiger charge is 2.00. The van der Waals surface area contributed by atoms with Gasteiger partial charge in [-0.25, -0.2) is 0 Å². The lowest BCUT2D eigenvalue weighted by atomic mass is 10.3. The Hall–Kier alpha value is -1.18. The zero-order chi connectivity index (χ0) is 13.2. The fraction of sp³-hybridized carbons (Fsp3) is 0.700. The molecular weight excluding hydrogens is 258 g/mol. The van der Waals surface area contributed by atoms with Crippen LogP contribution in [0.1, 0.15) is 12.8 Å². The molecule has 0 atom stereocenters. The molecule has 0 radical (unpaired) electrons. The van der Waals surface area contributed by atoms with E-state index >= 15 is 0 Å². The van der Waals surface area contributed by atoms with E-state index in [9.17, 15) is 0 Å². The van der Waals surface area contributed by atoms with Gasteiger partial charge in [0.1, 0.15) is 0 Å². The minimum Gasteiger partial charge on any atom is -0.382 e. The molecule has 1 heterocycles. The van der Waals surface area contributed by atoms with Crippen LogP contribution < -0.4 is 11.1 Å². The number of nitrogens with one attached hydrogen (secondary N) is 1. The van der Waals surface area contributed by atoms with Crippen molar-refractivity contribution >= 4 is 23.5 Å². The van der Waals surface area contributed by atoms with Gasteiger partial charge in [0.2, 0.25) is 17.2 Å². The molecule has 1 rings (SSSR count). The lowest BCUT2D eigenvalue weighted by molar-refractivity contribution is 0.0691. The molecule has 0 aromatic carbocycles. The van der Waals surface area contributed by atoms with E-state index in [1.54, 1.807) is 7.11 Å². The standard InChI is InChI=1S/C10H18ClN5O2/c1-17-6-7-18-5-3-2-4-13-10-15-8(11)14-9(12)16-10/h2-7H2,1H3,(H3,12,13,14,15,16). The number of hydrogen-bond acceptors (Lipinski definition) is 7. The summed E-state index contributed by atoms with van der Waals surface area (Å²) in [6.45, 7) is 2.70. The monoisotopic (exact) mass is 275 g/mol. The fourth-order valence-corrected chi connectivity index (χ4v) is 1.38. The Bertz CT molecular complexity index is 333. The third-order valence-corrected chi connectivity index (χ3v) is 2.22. The van der Waals surface area contributed by atoms with Gasteiger partial charge in [0, 0.05) is 20.3 Å². The number of unbranched alkanes of at least 4 members (excludes halogenated alkanes) is 1. The normalized spacial score (nSPS) is 10.6. The topological polar surface area (TPSA) is 95.2 Å². The van der Waals surface area contributed by atoms with Gasteiger partial charge in [-0.1, -0.05) is 0 Å². The Morgan fingerprint density at radius 2 is 2.00 bits per heavy atom. The number of anilines is 2. The number of hydrogen-bond donors (Lipinski definition) is 2. The van der Waals surface area contributed by atoms with Gasteiger partial charge in [-0.3, -0.25) is 0 Å². The number of nitrogen functional groups attached to an aromatic ring is 1. The van der Waals surface area contributed by atoms with E-state index in [1.807, 2.05) is 0 Å². The number of ether oxygens (including phenoxy) is 2. The Balaban J connectivity index is 2.07. The second kappa shape index (κ2) is 8.84. The van der Waals surface area contributed by atoms with Crippen LogP contribution in [-0.4, -0.2) is 48.4 Å². The fourth-order valence-electron chi connectivity index (χ4n) is 1.22. The lowest BCUT2D eigenvalue weighted by Crippen LogP contribution is -2.09. The number of nitrogens with two attached hydrogens (primary N) is 1. The molecule has 0 unspecified atom stereocenters. The molecular formula is C10H18ClN5O2. The largest absolute Gasteiger partial charge is 0.382 e. The van der Waals surface area contributed by atoms with Crippen LogP contribution in [0.2, 0.25) is 5.28 Å². The zero-order valence-corrected chi connectivity index (χ0v) is 11.1. The first-order valence-corrected chi connectivity index (χ1v) is 6.08. The highest BCUT2D eigenvalue weighted by atomic mass is 35.5. The third kappa shape index (κ3) is 6.53. The first-order valence-electron chi connectivity index (χ1n) is 5.70. The number of aromatic nitrogens is 3. The van der Waals surface area contributed by atoms with E-state index < -0.39 is 0 Å². The van der Waals surface area contributed by atoms with Gasteiger partial charge in [0.15, 0.2) is 0 Å². The average molecular weight is 276 g/mol.